The Morgan fingerprint density at radius 2 is 2.25 bits per heavy atom. The third kappa shape index (κ3) is 3.50. The lowest BCUT2D eigenvalue weighted by Crippen LogP contribution is -2.23. The summed E-state index contributed by atoms with van der Waals surface area (Å²) < 4.78 is 7.36. The minimum absolute atomic E-state index is 0.0778. The number of hydrogen-bond acceptors (Lipinski definition) is 3. The monoisotopic (exact) mass is 325 g/mol. The van der Waals surface area contributed by atoms with Crippen molar-refractivity contribution in [2.24, 2.45) is 7.05 Å². The maximum absolute atomic E-state index is 12.0. The number of ether oxygens (including phenoxy) is 1. The number of nitrogens with zero attached hydrogens (tertiary/aromatic N) is 2. The van der Waals surface area contributed by atoms with E-state index in [0.29, 0.717) is 6.54 Å². The number of carbonyl (C=O) groups excluding carboxylic acids is 1. The number of benzene rings is 1. The van der Waals surface area contributed by atoms with Gasteiger partial charge in [0.05, 0.1) is 12.3 Å². The zero-order valence-electron chi connectivity index (χ0n) is 14.4. The second kappa shape index (κ2) is 6.91. The quantitative estimate of drug-likeness (QED) is 0.859. The molecule has 2 aromatic rings. The Labute approximate surface area is 142 Å². The summed E-state index contributed by atoms with van der Waals surface area (Å²) in [6, 6.07) is 6.01. The van der Waals surface area contributed by atoms with Crippen LogP contribution in [0.15, 0.2) is 24.3 Å². The van der Waals surface area contributed by atoms with Crippen LogP contribution in [0.2, 0.25) is 0 Å². The van der Waals surface area contributed by atoms with Crippen LogP contribution in [-0.2, 0) is 24.7 Å². The third-order valence-electron chi connectivity index (χ3n) is 4.47. The molecule has 0 saturated carbocycles. The van der Waals surface area contributed by atoms with Gasteiger partial charge in [-0.15, -0.1) is 0 Å². The maximum Gasteiger partial charge on any atom is 0.244 e. The topological polar surface area (TPSA) is 56.2 Å². The molecule has 0 aliphatic carbocycles. The highest BCUT2D eigenvalue weighted by Gasteiger charge is 2.11. The van der Waals surface area contributed by atoms with E-state index in [1.165, 1.54) is 11.1 Å². The standard InChI is InChI=1S/C19H23N3O2/c1-13-17(14(2)22(3)21-13)8-10-20-19(23)7-5-15-4-6-18-16(12-15)9-11-24-18/h4-7,12H,8-11H2,1-3H3,(H,20,23). The van der Waals surface area contributed by atoms with Crippen molar-refractivity contribution in [3.8, 4) is 5.75 Å². The molecule has 126 valence electrons. The second-order valence-corrected chi connectivity index (χ2v) is 6.11. The second-order valence-electron chi connectivity index (χ2n) is 6.11. The normalized spacial score (nSPS) is 13.1. The van der Waals surface area contributed by atoms with Crippen LogP contribution in [0.4, 0.5) is 0 Å². The van der Waals surface area contributed by atoms with E-state index < -0.39 is 0 Å². The largest absolute Gasteiger partial charge is 0.493 e. The van der Waals surface area contributed by atoms with Crippen molar-refractivity contribution in [3.63, 3.8) is 0 Å². The van der Waals surface area contributed by atoms with Gasteiger partial charge in [-0.3, -0.25) is 9.48 Å². The Hall–Kier alpha value is -2.56. The molecule has 1 N–H and O–H groups in total. The van der Waals surface area contributed by atoms with Gasteiger partial charge in [-0.25, -0.2) is 0 Å². The zero-order valence-corrected chi connectivity index (χ0v) is 14.4. The fourth-order valence-corrected chi connectivity index (χ4v) is 3.03. The van der Waals surface area contributed by atoms with Gasteiger partial charge in [-0.05, 0) is 55.2 Å². The van der Waals surface area contributed by atoms with Gasteiger partial charge in [0.15, 0.2) is 0 Å². The molecule has 1 aliphatic rings. The summed E-state index contributed by atoms with van der Waals surface area (Å²) in [5, 5.41) is 7.32. The third-order valence-corrected chi connectivity index (χ3v) is 4.47. The lowest BCUT2D eigenvalue weighted by molar-refractivity contribution is -0.116. The van der Waals surface area contributed by atoms with Crippen LogP contribution in [0, 0.1) is 13.8 Å². The van der Waals surface area contributed by atoms with Crippen LogP contribution in [0.25, 0.3) is 6.08 Å². The molecule has 0 spiro atoms. The molecule has 0 bridgehead atoms. The Balaban J connectivity index is 1.52. The molecule has 1 amide bonds. The molecule has 3 rings (SSSR count). The first kappa shape index (κ1) is 16.3. The minimum atomic E-state index is -0.0778. The molecule has 1 aliphatic heterocycles. The molecule has 0 unspecified atom stereocenters. The average Bonchev–Trinajstić information content (AvgIpc) is 3.12. The number of aromatic nitrogens is 2. The summed E-state index contributed by atoms with van der Waals surface area (Å²) in [6.07, 6.45) is 5.16. The van der Waals surface area contributed by atoms with Crippen molar-refractivity contribution in [3.05, 3.63) is 52.4 Å². The number of fused-ring (bicyclic) bond motifs is 1. The van der Waals surface area contributed by atoms with Crippen molar-refractivity contribution in [1.29, 1.82) is 0 Å². The van der Waals surface area contributed by atoms with Crippen molar-refractivity contribution in [2.75, 3.05) is 13.2 Å². The van der Waals surface area contributed by atoms with Gasteiger partial charge >= 0.3 is 0 Å². The summed E-state index contributed by atoms with van der Waals surface area (Å²) in [4.78, 5) is 12.0. The van der Waals surface area contributed by atoms with Gasteiger partial charge in [0.1, 0.15) is 5.75 Å². The van der Waals surface area contributed by atoms with Crippen molar-refractivity contribution in [2.45, 2.75) is 26.7 Å². The van der Waals surface area contributed by atoms with Crippen LogP contribution in [0.1, 0.15) is 28.1 Å². The first-order chi connectivity index (χ1) is 11.5. The van der Waals surface area contributed by atoms with Crippen LogP contribution in [0.3, 0.4) is 0 Å². The van der Waals surface area contributed by atoms with Crippen LogP contribution in [0.5, 0.6) is 5.75 Å². The highest BCUT2D eigenvalue weighted by molar-refractivity contribution is 5.91. The van der Waals surface area contributed by atoms with Gasteiger partial charge < -0.3 is 10.1 Å². The molecule has 5 heteroatoms. The number of carbonyl (C=O) groups is 1. The zero-order chi connectivity index (χ0) is 17.1. The highest BCUT2D eigenvalue weighted by Crippen LogP contribution is 2.26. The molecule has 0 fully saturated rings. The van der Waals surface area contributed by atoms with Crippen molar-refractivity contribution < 1.29 is 9.53 Å². The molecule has 5 nitrogen and oxygen atoms in total. The Morgan fingerprint density at radius 3 is 3.00 bits per heavy atom. The number of rotatable bonds is 5. The predicted octanol–water partition coefficient (Wildman–Crippen LogP) is 2.34. The SMILES string of the molecule is Cc1nn(C)c(C)c1CCNC(=O)C=Cc1ccc2c(c1)CCO2. The van der Waals surface area contributed by atoms with E-state index in [4.69, 9.17) is 4.74 Å². The minimum Gasteiger partial charge on any atom is -0.493 e. The summed E-state index contributed by atoms with van der Waals surface area (Å²) in [7, 11) is 1.94. The first-order valence-electron chi connectivity index (χ1n) is 8.25. The van der Waals surface area contributed by atoms with Gasteiger partial charge in [-0.2, -0.15) is 5.10 Å². The fourth-order valence-electron chi connectivity index (χ4n) is 3.03. The molecule has 1 aromatic heterocycles. The molecule has 0 saturated heterocycles. The molecule has 1 aromatic carbocycles. The van der Waals surface area contributed by atoms with E-state index >= 15 is 0 Å². The van der Waals surface area contributed by atoms with Crippen LogP contribution < -0.4 is 10.1 Å². The maximum atomic E-state index is 12.0. The highest BCUT2D eigenvalue weighted by atomic mass is 16.5. The Kier molecular flexibility index (Phi) is 4.69. The molecule has 0 radical (unpaired) electrons. The summed E-state index contributed by atoms with van der Waals surface area (Å²) >= 11 is 0. The van der Waals surface area contributed by atoms with Crippen molar-refractivity contribution >= 4 is 12.0 Å². The molecular formula is C19H23N3O2. The van der Waals surface area contributed by atoms with Gasteiger partial charge in [0.2, 0.25) is 5.91 Å². The van der Waals surface area contributed by atoms with Gasteiger partial charge in [0.25, 0.3) is 0 Å². The molecule has 0 atom stereocenters. The van der Waals surface area contributed by atoms with E-state index in [1.807, 2.05) is 36.9 Å². The van der Waals surface area contributed by atoms with Gasteiger partial charge in [0, 0.05) is 31.8 Å². The summed E-state index contributed by atoms with van der Waals surface area (Å²) in [6.45, 7) is 5.40. The number of amides is 1. The van der Waals surface area contributed by atoms with E-state index in [0.717, 1.165) is 42.1 Å². The van der Waals surface area contributed by atoms with Gasteiger partial charge in [-0.1, -0.05) is 6.07 Å². The molecule has 24 heavy (non-hydrogen) atoms. The predicted molar refractivity (Wildman–Crippen MR) is 94.1 cm³/mol. The first-order valence-corrected chi connectivity index (χ1v) is 8.25. The van der Waals surface area contributed by atoms with Crippen LogP contribution in [-0.4, -0.2) is 28.8 Å². The Morgan fingerprint density at radius 1 is 1.42 bits per heavy atom. The van der Waals surface area contributed by atoms with E-state index in [-0.39, 0.29) is 5.91 Å². The number of aryl methyl sites for hydroxylation is 2. The number of hydrogen-bond donors (Lipinski definition) is 1. The van der Waals surface area contributed by atoms with E-state index in [9.17, 15) is 4.79 Å². The lowest BCUT2D eigenvalue weighted by atomic mass is 10.1. The number of nitrogens with one attached hydrogen (secondary N) is 1. The smallest absolute Gasteiger partial charge is 0.244 e. The van der Waals surface area contributed by atoms with Crippen molar-refractivity contribution in [1.82, 2.24) is 15.1 Å². The molecular weight excluding hydrogens is 302 g/mol. The Bertz CT molecular complexity index is 790. The molecule has 2 heterocycles. The van der Waals surface area contributed by atoms with E-state index in [2.05, 4.69) is 23.4 Å². The summed E-state index contributed by atoms with van der Waals surface area (Å²) in [5.74, 6) is 0.879. The lowest BCUT2D eigenvalue weighted by Gasteiger charge is -2.04. The van der Waals surface area contributed by atoms with E-state index in [1.54, 1.807) is 6.08 Å². The fraction of sp³-hybridized carbons (Fsp3) is 0.368. The van der Waals surface area contributed by atoms with Crippen LogP contribution >= 0.6 is 0 Å². The summed E-state index contributed by atoms with van der Waals surface area (Å²) in [5.41, 5.74) is 5.62. The average molecular weight is 325 g/mol.